The summed E-state index contributed by atoms with van der Waals surface area (Å²) in [5, 5.41) is 2.94. The van der Waals surface area contributed by atoms with Crippen LogP contribution in [0.25, 0.3) is 0 Å². The zero-order valence-corrected chi connectivity index (χ0v) is 13.0. The number of carbonyl (C=O) groups is 1. The van der Waals surface area contributed by atoms with Gasteiger partial charge in [-0.3, -0.25) is 4.79 Å². The van der Waals surface area contributed by atoms with Crippen molar-refractivity contribution < 1.29 is 4.79 Å². The molecule has 0 aliphatic heterocycles. The Balaban J connectivity index is 1.99. The molecule has 2 rings (SSSR count). The number of amides is 1. The second kappa shape index (κ2) is 6.54. The molecule has 0 radical (unpaired) electrons. The molecule has 1 amide bonds. The molecule has 0 spiro atoms. The Bertz CT molecular complexity index is 601. The van der Waals surface area contributed by atoms with Crippen LogP contribution in [0.3, 0.4) is 0 Å². The highest BCUT2D eigenvalue weighted by atomic mass is 16.1. The van der Waals surface area contributed by atoms with Crippen LogP contribution in [-0.4, -0.2) is 34.9 Å². The first-order chi connectivity index (χ1) is 9.95. The largest absolute Gasteiger partial charge is 0.344 e. The van der Waals surface area contributed by atoms with Gasteiger partial charge in [0.05, 0.1) is 6.04 Å². The lowest BCUT2D eigenvalue weighted by Crippen LogP contribution is -2.27. The van der Waals surface area contributed by atoms with Crippen LogP contribution in [0.15, 0.2) is 30.5 Å². The quantitative estimate of drug-likeness (QED) is 0.886. The van der Waals surface area contributed by atoms with E-state index in [1.165, 1.54) is 5.56 Å². The standard InChI is InChI=1S/C16H22N4O/c1-11-9-17-15(18-11)12(2)19-16(21)14-7-5-13(6-8-14)10-20(3)4/h5-9,12H,10H2,1-4H3,(H,17,18)(H,19,21)/t12-/m1/s1. The third-order valence-corrected chi connectivity index (χ3v) is 3.20. The molecule has 0 saturated heterocycles. The minimum Gasteiger partial charge on any atom is -0.344 e. The van der Waals surface area contributed by atoms with Gasteiger partial charge in [0.2, 0.25) is 0 Å². The second-order valence-electron chi connectivity index (χ2n) is 5.58. The maximum atomic E-state index is 12.2. The minimum absolute atomic E-state index is 0.0899. The third kappa shape index (κ3) is 4.16. The molecule has 0 aliphatic carbocycles. The number of aromatic amines is 1. The maximum absolute atomic E-state index is 12.2. The number of nitrogens with one attached hydrogen (secondary N) is 2. The second-order valence-corrected chi connectivity index (χ2v) is 5.58. The fraction of sp³-hybridized carbons (Fsp3) is 0.375. The van der Waals surface area contributed by atoms with Gasteiger partial charge in [0.1, 0.15) is 5.82 Å². The Morgan fingerprint density at radius 1 is 1.33 bits per heavy atom. The van der Waals surface area contributed by atoms with E-state index in [1.54, 1.807) is 6.20 Å². The summed E-state index contributed by atoms with van der Waals surface area (Å²) < 4.78 is 0. The van der Waals surface area contributed by atoms with E-state index in [4.69, 9.17) is 0 Å². The summed E-state index contributed by atoms with van der Waals surface area (Å²) in [5.41, 5.74) is 2.83. The molecule has 0 aliphatic rings. The summed E-state index contributed by atoms with van der Waals surface area (Å²) in [7, 11) is 4.04. The molecule has 1 heterocycles. The SMILES string of the molecule is Cc1cnc([C@@H](C)NC(=O)c2ccc(CN(C)C)cc2)[nH]1. The fourth-order valence-electron chi connectivity index (χ4n) is 2.13. The summed E-state index contributed by atoms with van der Waals surface area (Å²) >= 11 is 0. The number of carbonyl (C=O) groups excluding carboxylic acids is 1. The van der Waals surface area contributed by atoms with E-state index in [0.717, 1.165) is 18.1 Å². The molecule has 1 aromatic carbocycles. The Morgan fingerprint density at radius 3 is 2.52 bits per heavy atom. The van der Waals surface area contributed by atoms with Gasteiger partial charge in [0.25, 0.3) is 5.91 Å². The highest BCUT2D eigenvalue weighted by Crippen LogP contribution is 2.11. The summed E-state index contributed by atoms with van der Waals surface area (Å²) in [6, 6.07) is 7.53. The lowest BCUT2D eigenvalue weighted by atomic mass is 10.1. The van der Waals surface area contributed by atoms with Crippen LogP contribution in [0.1, 0.15) is 40.4 Å². The number of imidazole rings is 1. The molecule has 0 unspecified atom stereocenters. The number of rotatable bonds is 5. The van der Waals surface area contributed by atoms with Crippen molar-refractivity contribution in [1.29, 1.82) is 0 Å². The summed E-state index contributed by atoms with van der Waals surface area (Å²) in [6.45, 7) is 4.72. The van der Waals surface area contributed by atoms with Crippen LogP contribution in [0.2, 0.25) is 0 Å². The number of aromatic nitrogens is 2. The van der Waals surface area contributed by atoms with Gasteiger partial charge in [0.15, 0.2) is 0 Å². The van der Waals surface area contributed by atoms with Crippen molar-refractivity contribution in [2.45, 2.75) is 26.4 Å². The molecule has 1 atom stereocenters. The Hall–Kier alpha value is -2.14. The predicted octanol–water partition coefficient (Wildman–Crippen LogP) is 2.27. The van der Waals surface area contributed by atoms with E-state index in [1.807, 2.05) is 52.2 Å². The number of benzene rings is 1. The van der Waals surface area contributed by atoms with Crippen LogP contribution in [0, 0.1) is 6.92 Å². The molecule has 2 aromatic rings. The zero-order chi connectivity index (χ0) is 15.4. The molecule has 2 N–H and O–H groups in total. The van der Waals surface area contributed by atoms with Gasteiger partial charge < -0.3 is 15.2 Å². The zero-order valence-electron chi connectivity index (χ0n) is 13.0. The first kappa shape index (κ1) is 15.3. The Labute approximate surface area is 125 Å². The van der Waals surface area contributed by atoms with E-state index in [2.05, 4.69) is 20.2 Å². The molecular weight excluding hydrogens is 264 g/mol. The highest BCUT2D eigenvalue weighted by molar-refractivity contribution is 5.94. The van der Waals surface area contributed by atoms with E-state index in [0.29, 0.717) is 5.56 Å². The van der Waals surface area contributed by atoms with Gasteiger partial charge in [0, 0.05) is 24.0 Å². The molecule has 0 saturated carbocycles. The van der Waals surface area contributed by atoms with Crippen LogP contribution >= 0.6 is 0 Å². The average molecular weight is 286 g/mol. The molecule has 5 heteroatoms. The van der Waals surface area contributed by atoms with Crippen molar-refractivity contribution in [3.63, 3.8) is 0 Å². The predicted molar refractivity (Wildman–Crippen MR) is 83.0 cm³/mol. The number of H-pyrrole nitrogens is 1. The topological polar surface area (TPSA) is 61.0 Å². The van der Waals surface area contributed by atoms with Crippen LogP contribution < -0.4 is 5.32 Å². The third-order valence-electron chi connectivity index (χ3n) is 3.20. The lowest BCUT2D eigenvalue weighted by Gasteiger charge is -2.13. The van der Waals surface area contributed by atoms with E-state index >= 15 is 0 Å². The van der Waals surface area contributed by atoms with Gasteiger partial charge in [-0.1, -0.05) is 12.1 Å². The molecular formula is C16H22N4O. The van der Waals surface area contributed by atoms with Gasteiger partial charge in [-0.05, 0) is 45.6 Å². The van der Waals surface area contributed by atoms with Crippen LogP contribution in [0.4, 0.5) is 0 Å². The summed E-state index contributed by atoms with van der Waals surface area (Å²) in [4.78, 5) is 21.7. The average Bonchev–Trinajstić information content (AvgIpc) is 2.85. The molecule has 0 fully saturated rings. The van der Waals surface area contributed by atoms with Gasteiger partial charge >= 0.3 is 0 Å². The van der Waals surface area contributed by atoms with Crippen molar-refractivity contribution in [2.75, 3.05) is 14.1 Å². The van der Waals surface area contributed by atoms with Crippen LogP contribution in [-0.2, 0) is 6.54 Å². The Morgan fingerprint density at radius 2 is 2.00 bits per heavy atom. The first-order valence-electron chi connectivity index (χ1n) is 7.01. The minimum atomic E-state index is -0.146. The van der Waals surface area contributed by atoms with E-state index < -0.39 is 0 Å². The number of aryl methyl sites for hydroxylation is 1. The summed E-state index contributed by atoms with van der Waals surface area (Å²) in [6.07, 6.45) is 1.76. The normalized spacial score (nSPS) is 12.4. The maximum Gasteiger partial charge on any atom is 0.251 e. The summed E-state index contributed by atoms with van der Waals surface area (Å²) in [5.74, 6) is 0.679. The molecule has 112 valence electrons. The van der Waals surface area contributed by atoms with Gasteiger partial charge in [-0.15, -0.1) is 0 Å². The van der Waals surface area contributed by atoms with Crippen molar-refractivity contribution in [3.05, 3.63) is 53.1 Å². The van der Waals surface area contributed by atoms with Crippen molar-refractivity contribution >= 4 is 5.91 Å². The lowest BCUT2D eigenvalue weighted by molar-refractivity contribution is 0.0938. The first-order valence-corrected chi connectivity index (χ1v) is 7.01. The van der Waals surface area contributed by atoms with Crippen molar-refractivity contribution in [3.8, 4) is 0 Å². The molecule has 21 heavy (non-hydrogen) atoms. The number of hydrogen-bond donors (Lipinski definition) is 2. The fourth-order valence-corrected chi connectivity index (χ4v) is 2.13. The van der Waals surface area contributed by atoms with Crippen molar-refractivity contribution in [1.82, 2.24) is 20.2 Å². The van der Waals surface area contributed by atoms with Gasteiger partial charge in [-0.25, -0.2) is 4.98 Å². The van der Waals surface area contributed by atoms with Crippen molar-refractivity contribution in [2.24, 2.45) is 0 Å². The molecule has 1 aromatic heterocycles. The monoisotopic (exact) mass is 286 g/mol. The smallest absolute Gasteiger partial charge is 0.251 e. The molecule has 5 nitrogen and oxygen atoms in total. The number of hydrogen-bond acceptors (Lipinski definition) is 3. The number of nitrogens with zero attached hydrogens (tertiary/aromatic N) is 2. The highest BCUT2D eigenvalue weighted by Gasteiger charge is 2.13. The van der Waals surface area contributed by atoms with Crippen LogP contribution in [0.5, 0.6) is 0 Å². The molecule has 0 bridgehead atoms. The van der Waals surface area contributed by atoms with E-state index in [-0.39, 0.29) is 11.9 Å². The van der Waals surface area contributed by atoms with Gasteiger partial charge in [-0.2, -0.15) is 0 Å². The van der Waals surface area contributed by atoms with E-state index in [9.17, 15) is 4.79 Å². The Kier molecular flexibility index (Phi) is 4.75.